The summed E-state index contributed by atoms with van der Waals surface area (Å²) in [6, 6.07) is 16.7. The van der Waals surface area contributed by atoms with Crippen LogP contribution < -0.4 is 15.4 Å². The molecule has 0 aromatic heterocycles. The molecule has 1 unspecified atom stereocenters. The molecule has 0 fully saturated rings. The van der Waals surface area contributed by atoms with Crippen molar-refractivity contribution in [3.63, 3.8) is 0 Å². The van der Waals surface area contributed by atoms with Gasteiger partial charge in [0.1, 0.15) is 12.4 Å². The van der Waals surface area contributed by atoms with E-state index in [2.05, 4.69) is 65.9 Å². The van der Waals surface area contributed by atoms with E-state index in [9.17, 15) is 0 Å². The van der Waals surface area contributed by atoms with Crippen molar-refractivity contribution in [2.24, 2.45) is 4.99 Å². The fraction of sp³-hybridized carbons (Fsp3) is 0.409. The summed E-state index contributed by atoms with van der Waals surface area (Å²) in [4.78, 5) is 4.31. The number of hydrogen-bond donors (Lipinski definition) is 2. The van der Waals surface area contributed by atoms with Gasteiger partial charge in [0, 0.05) is 27.2 Å². The van der Waals surface area contributed by atoms with E-state index >= 15 is 0 Å². The van der Waals surface area contributed by atoms with Crippen LogP contribution in [0.4, 0.5) is 0 Å². The van der Waals surface area contributed by atoms with Crippen LogP contribution in [0.5, 0.6) is 5.75 Å². The van der Waals surface area contributed by atoms with Crippen LogP contribution in [0.3, 0.4) is 0 Å². The summed E-state index contributed by atoms with van der Waals surface area (Å²) in [6.07, 6.45) is 0. The van der Waals surface area contributed by atoms with E-state index in [0.717, 1.165) is 18.3 Å². The molecule has 0 bridgehead atoms. The van der Waals surface area contributed by atoms with Gasteiger partial charge in [-0.05, 0) is 36.1 Å². The zero-order chi connectivity index (χ0) is 19.5. The van der Waals surface area contributed by atoms with Crippen molar-refractivity contribution in [1.82, 2.24) is 10.6 Å². The highest BCUT2D eigenvalue weighted by molar-refractivity contribution is 5.79. The summed E-state index contributed by atoms with van der Waals surface area (Å²) in [5.41, 5.74) is 3.78. The summed E-state index contributed by atoms with van der Waals surface area (Å²) >= 11 is 0. The van der Waals surface area contributed by atoms with E-state index in [4.69, 9.17) is 9.47 Å². The molecule has 5 heteroatoms. The number of benzene rings is 2. The highest BCUT2D eigenvalue weighted by atomic mass is 16.5. The first kappa shape index (κ1) is 20.8. The zero-order valence-corrected chi connectivity index (χ0v) is 16.8. The molecule has 0 amide bonds. The Morgan fingerprint density at radius 2 is 1.70 bits per heavy atom. The van der Waals surface area contributed by atoms with Gasteiger partial charge >= 0.3 is 0 Å². The number of nitrogens with one attached hydrogen (secondary N) is 2. The van der Waals surface area contributed by atoms with Crippen LogP contribution >= 0.6 is 0 Å². The lowest BCUT2D eigenvalue weighted by molar-refractivity contribution is 0.146. The van der Waals surface area contributed by atoms with Crippen molar-refractivity contribution in [3.05, 3.63) is 65.2 Å². The van der Waals surface area contributed by atoms with Crippen molar-refractivity contribution in [1.29, 1.82) is 0 Å². The molecule has 2 aromatic carbocycles. The first-order valence-electron chi connectivity index (χ1n) is 9.34. The molecule has 5 nitrogen and oxygen atoms in total. The van der Waals surface area contributed by atoms with Gasteiger partial charge in [0.05, 0.1) is 6.61 Å². The first-order valence-corrected chi connectivity index (χ1v) is 9.34. The average Bonchev–Trinajstić information content (AvgIpc) is 2.69. The van der Waals surface area contributed by atoms with Crippen LogP contribution in [0.15, 0.2) is 53.5 Å². The van der Waals surface area contributed by atoms with Crippen molar-refractivity contribution in [2.45, 2.75) is 26.3 Å². The second-order valence-corrected chi connectivity index (χ2v) is 6.60. The first-order chi connectivity index (χ1) is 13.1. The third-order valence-electron chi connectivity index (χ3n) is 4.39. The van der Waals surface area contributed by atoms with E-state index in [0.29, 0.717) is 25.7 Å². The van der Waals surface area contributed by atoms with Gasteiger partial charge in [0.25, 0.3) is 0 Å². The summed E-state index contributed by atoms with van der Waals surface area (Å²) in [5, 5.41) is 6.75. The molecule has 0 saturated heterocycles. The fourth-order valence-electron chi connectivity index (χ4n) is 2.62. The van der Waals surface area contributed by atoms with Gasteiger partial charge in [-0.2, -0.15) is 0 Å². The van der Waals surface area contributed by atoms with Gasteiger partial charge in [0.2, 0.25) is 0 Å². The third-order valence-corrected chi connectivity index (χ3v) is 4.39. The molecule has 0 radical (unpaired) electrons. The van der Waals surface area contributed by atoms with E-state index in [1.165, 1.54) is 16.7 Å². The number of rotatable bonds is 9. The van der Waals surface area contributed by atoms with Gasteiger partial charge in [-0.15, -0.1) is 0 Å². The number of nitrogens with zero attached hydrogens (tertiary/aromatic N) is 1. The van der Waals surface area contributed by atoms with E-state index in [-0.39, 0.29) is 0 Å². The van der Waals surface area contributed by atoms with Crippen molar-refractivity contribution in [2.75, 3.05) is 33.9 Å². The van der Waals surface area contributed by atoms with Gasteiger partial charge in [-0.1, -0.05) is 48.9 Å². The molecule has 2 N–H and O–H groups in total. The maximum Gasteiger partial charge on any atom is 0.191 e. The van der Waals surface area contributed by atoms with Crippen LogP contribution in [0.25, 0.3) is 0 Å². The highest BCUT2D eigenvalue weighted by Crippen LogP contribution is 2.15. The monoisotopic (exact) mass is 369 g/mol. The second kappa shape index (κ2) is 11.2. The summed E-state index contributed by atoms with van der Waals surface area (Å²) < 4.78 is 10.6. The van der Waals surface area contributed by atoms with Crippen LogP contribution in [0, 0.1) is 6.92 Å². The molecule has 2 aromatic rings. The lowest BCUT2D eigenvalue weighted by atomic mass is 10.0. The third kappa shape index (κ3) is 7.31. The molecular formula is C22H31N3O2. The van der Waals surface area contributed by atoms with Gasteiger partial charge in [-0.25, -0.2) is 0 Å². The topological polar surface area (TPSA) is 54.9 Å². The second-order valence-electron chi connectivity index (χ2n) is 6.60. The zero-order valence-electron chi connectivity index (χ0n) is 16.8. The largest absolute Gasteiger partial charge is 0.491 e. The molecule has 0 saturated carbocycles. The SMILES string of the molecule is CN=C(NCc1ccc(OCCOC)cc1)NCC(C)c1ccc(C)cc1. The smallest absolute Gasteiger partial charge is 0.191 e. The molecule has 0 aliphatic carbocycles. The minimum atomic E-state index is 0.410. The predicted octanol–water partition coefficient (Wildman–Crippen LogP) is 3.49. The number of methoxy groups -OCH3 is 1. The predicted molar refractivity (Wildman–Crippen MR) is 112 cm³/mol. The van der Waals surface area contributed by atoms with Gasteiger partial charge in [0.15, 0.2) is 5.96 Å². The molecule has 0 aliphatic rings. The lowest BCUT2D eigenvalue weighted by Gasteiger charge is -2.17. The van der Waals surface area contributed by atoms with Crippen LogP contribution in [0.2, 0.25) is 0 Å². The molecular weight excluding hydrogens is 338 g/mol. The fourth-order valence-corrected chi connectivity index (χ4v) is 2.62. The van der Waals surface area contributed by atoms with Crippen LogP contribution in [-0.4, -0.2) is 39.9 Å². The number of ether oxygens (including phenoxy) is 2. The van der Waals surface area contributed by atoms with E-state index in [1.807, 2.05) is 12.1 Å². The summed E-state index contributed by atoms with van der Waals surface area (Å²) in [5.74, 6) is 2.06. The number of hydrogen-bond acceptors (Lipinski definition) is 3. The summed E-state index contributed by atoms with van der Waals surface area (Å²) in [6.45, 7) is 7.01. The van der Waals surface area contributed by atoms with Crippen molar-refractivity contribution in [3.8, 4) is 5.75 Å². The Hall–Kier alpha value is -2.53. The Bertz CT molecular complexity index is 697. The Labute approximate surface area is 162 Å². The normalized spacial score (nSPS) is 12.5. The Morgan fingerprint density at radius 3 is 2.33 bits per heavy atom. The average molecular weight is 370 g/mol. The Balaban J connectivity index is 1.77. The molecule has 1 atom stereocenters. The molecule has 27 heavy (non-hydrogen) atoms. The van der Waals surface area contributed by atoms with Gasteiger partial charge in [-0.3, -0.25) is 4.99 Å². The molecule has 0 aliphatic heterocycles. The molecule has 0 spiro atoms. The number of aryl methyl sites for hydroxylation is 1. The minimum Gasteiger partial charge on any atom is -0.491 e. The van der Waals surface area contributed by atoms with Crippen molar-refractivity contribution < 1.29 is 9.47 Å². The standard InChI is InChI=1S/C22H31N3O2/c1-17-5-9-20(10-6-17)18(2)15-24-22(23-3)25-16-19-7-11-21(12-8-19)27-14-13-26-4/h5-12,18H,13-16H2,1-4H3,(H2,23,24,25). The molecule has 146 valence electrons. The highest BCUT2D eigenvalue weighted by Gasteiger charge is 2.06. The lowest BCUT2D eigenvalue weighted by Crippen LogP contribution is -2.38. The van der Waals surface area contributed by atoms with Gasteiger partial charge < -0.3 is 20.1 Å². The molecule has 0 heterocycles. The quantitative estimate of drug-likeness (QED) is 0.404. The van der Waals surface area contributed by atoms with Crippen LogP contribution in [-0.2, 0) is 11.3 Å². The Kier molecular flexibility index (Phi) is 8.65. The Morgan fingerprint density at radius 1 is 1.00 bits per heavy atom. The van der Waals surface area contributed by atoms with Crippen molar-refractivity contribution >= 4 is 5.96 Å². The van der Waals surface area contributed by atoms with E-state index < -0.39 is 0 Å². The van der Waals surface area contributed by atoms with E-state index in [1.54, 1.807) is 14.2 Å². The minimum absolute atomic E-state index is 0.410. The number of aliphatic imine (C=N–C) groups is 1. The van der Waals surface area contributed by atoms with Crippen LogP contribution in [0.1, 0.15) is 29.5 Å². The maximum absolute atomic E-state index is 5.58. The molecule has 2 rings (SSSR count). The summed E-state index contributed by atoms with van der Waals surface area (Å²) in [7, 11) is 3.46. The number of guanidine groups is 1. The maximum atomic E-state index is 5.58.